The Hall–Kier alpha value is -2.44. The summed E-state index contributed by atoms with van der Waals surface area (Å²) in [4.78, 5) is 2.51. The number of aryl methyl sites for hydroxylation is 1. The Labute approximate surface area is 130 Å². The molecule has 1 N–H and O–H groups in total. The van der Waals surface area contributed by atoms with Gasteiger partial charge in [0.15, 0.2) is 0 Å². The van der Waals surface area contributed by atoms with Gasteiger partial charge in [0.2, 0.25) is 11.6 Å². The van der Waals surface area contributed by atoms with Crippen LogP contribution in [0.2, 0.25) is 0 Å². The first-order valence-electron chi connectivity index (χ1n) is 7.18. The molecule has 1 aromatic heterocycles. The van der Waals surface area contributed by atoms with Gasteiger partial charge in [0.25, 0.3) is 11.9 Å². The van der Waals surface area contributed by atoms with Crippen LogP contribution in [0.25, 0.3) is 0 Å². The molecule has 0 amide bonds. The summed E-state index contributed by atoms with van der Waals surface area (Å²) >= 11 is 0. The number of benzene rings is 1. The van der Waals surface area contributed by atoms with Crippen LogP contribution in [0.5, 0.6) is 0 Å². The molecule has 1 aromatic carbocycles. The van der Waals surface area contributed by atoms with Crippen molar-refractivity contribution in [2.75, 3.05) is 5.43 Å². The molecule has 1 aliphatic carbocycles. The van der Waals surface area contributed by atoms with E-state index < -0.39 is 29.2 Å². The van der Waals surface area contributed by atoms with Gasteiger partial charge in [0, 0.05) is 5.56 Å². The number of hydrogen-bond acceptors (Lipinski definition) is 3. The number of anilines is 1. The molecule has 23 heavy (non-hydrogen) atoms. The van der Waals surface area contributed by atoms with Gasteiger partial charge in [-0.2, -0.15) is 27.6 Å². The second kappa shape index (κ2) is 6.36. The van der Waals surface area contributed by atoms with E-state index in [1.165, 1.54) is 0 Å². The van der Waals surface area contributed by atoms with Gasteiger partial charge in [-0.15, -0.1) is 0 Å². The summed E-state index contributed by atoms with van der Waals surface area (Å²) in [6, 6.07) is 7.57. The van der Waals surface area contributed by atoms with E-state index in [0.717, 1.165) is 30.4 Å². The van der Waals surface area contributed by atoms with Crippen LogP contribution < -0.4 is 5.43 Å². The highest BCUT2D eigenvalue weighted by molar-refractivity contribution is 6.02. The predicted octanol–water partition coefficient (Wildman–Crippen LogP) is 4.18. The minimum atomic E-state index is -1.71. The number of nitrogens with one attached hydrogen (secondary N) is 1. The number of nitrogens with zero attached hydrogens (tertiary/aromatic N) is 2. The van der Waals surface area contributed by atoms with Gasteiger partial charge in [0.1, 0.15) is 5.69 Å². The van der Waals surface area contributed by atoms with Gasteiger partial charge >= 0.3 is 0 Å². The Morgan fingerprint density at radius 2 is 1.57 bits per heavy atom. The topological polar surface area (TPSA) is 37.3 Å². The first-order chi connectivity index (χ1) is 11.1. The molecule has 0 unspecified atom stereocenters. The first-order valence-corrected chi connectivity index (χ1v) is 7.18. The maximum atomic E-state index is 13.6. The van der Waals surface area contributed by atoms with Gasteiger partial charge in [0.05, 0.1) is 5.71 Å². The fourth-order valence-corrected chi connectivity index (χ4v) is 2.59. The third kappa shape index (κ3) is 3.04. The van der Waals surface area contributed by atoms with Crippen molar-refractivity contribution in [2.45, 2.75) is 25.7 Å². The normalized spacial score (nSPS) is 16.1. The average Bonchev–Trinajstić information content (AvgIpc) is 2.75. The van der Waals surface area contributed by atoms with Crippen LogP contribution in [-0.4, -0.2) is 10.7 Å². The molecule has 0 saturated carbocycles. The summed E-state index contributed by atoms with van der Waals surface area (Å²) in [5, 5.41) is 3.98. The summed E-state index contributed by atoms with van der Waals surface area (Å²) in [5.74, 6) is -6.63. The van der Waals surface area contributed by atoms with Gasteiger partial charge in [-0.1, -0.05) is 24.3 Å². The van der Waals surface area contributed by atoms with E-state index in [4.69, 9.17) is 0 Å². The lowest BCUT2D eigenvalue weighted by atomic mass is 10.0. The quantitative estimate of drug-likeness (QED) is 0.390. The van der Waals surface area contributed by atoms with E-state index >= 15 is 0 Å². The van der Waals surface area contributed by atoms with E-state index in [2.05, 4.69) is 15.5 Å². The van der Waals surface area contributed by atoms with Crippen LogP contribution in [0.1, 0.15) is 30.4 Å². The summed E-state index contributed by atoms with van der Waals surface area (Å²) < 4.78 is 53.4. The molecule has 1 heterocycles. The number of hydrogen-bond donors (Lipinski definition) is 1. The van der Waals surface area contributed by atoms with Crippen molar-refractivity contribution in [2.24, 2.45) is 5.10 Å². The first kappa shape index (κ1) is 15.5. The highest BCUT2D eigenvalue weighted by Crippen LogP contribution is 2.24. The van der Waals surface area contributed by atoms with Crippen LogP contribution in [0, 0.1) is 23.5 Å². The largest absolute Gasteiger partial charge is 0.272 e. The highest BCUT2D eigenvalue weighted by atomic mass is 19.2. The molecule has 120 valence electrons. The molecular weight excluding hydrogens is 310 g/mol. The van der Waals surface area contributed by atoms with Crippen molar-refractivity contribution in [3.05, 3.63) is 58.9 Å². The fraction of sp³-hybridized carbons (Fsp3) is 0.250. The van der Waals surface area contributed by atoms with Gasteiger partial charge < -0.3 is 0 Å². The third-order valence-corrected chi connectivity index (χ3v) is 3.74. The Morgan fingerprint density at radius 1 is 0.913 bits per heavy atom. The number of pyridine rings is 1. The molecule has 0 saturated heterocycles. The van der Waals surface area contributed by atoms with Crippen LogP contribution in [-0.2, 0) is 6.42 Å². The zero-order valence-electron chi connectivity index (χ0n) is 12.0. The Kier molecular flexibility index (Phi) is 4.27. The molecule has 0 bridgehead atoms. The van der Waals surface area contributed by atoms with Gasteiger partial charge in [-0.05, 0) is 31.2 Å². The number of fused-ring (bicyclic) bond motifs is 1. The zero-order valence-corrected chi connectivity index (χ0v) is 12.0. The summed E-state index contributed by atoms with van der Waals surface area (Å²) in [7, 11) is 0. The molecule has 0 radical (unpaired) electrons. The molecule has 7 heteroatoms. The van der Waals surface area contributed by atoms with Crippen molar-refractivity contribution in [3.8, 4) is 0 Å². The van der Waals surface area contributed by atoms with E-state index in [1.807, 2.05) is 24.3 Å². The summed E-state index contributed by atoms with van der Waals surface area (Å²) in [5.41, 5.74) is 3.68. The molecule has 0 aliphatic heterocycles. The van der Waals surface area contributed by atoms with Crippen LogP contribution in [0.15, 0.2) is 29.4 Å². The molecular formula is C16H13F4N3. The molecule has 2 aromatic rings. The minimum Gasteiger partial charge on any atom is -0.272 e. The highest BCUT2D eigenvalue weighted by Gasteiger charge is 2.21. The van der Waals surface area contributed by atoms with Crippen molar-refractivity contribution in [3.63, 3.8) is 0 Å². The fourth-order valence-electron chi connectivity index (χ4n) is 2.59. The smallest absolute Gasteiger partial charge is 0.254 e. The lowest BCUT2D eigenvalue weighted by Gasteiger charge is -2.10. The monoisotopic (exact) mass is 323 g/mol. The SMILES string of the molecule is Fc1nc(F)c(F)c(N/N=C2\CCCCc3ccccc32)c1F. The van der Waals surface area contributed by atoms with Gasteiger partial charge in [-0.3, -0.25) is 5.43 Å². The van der Waals surface area contributed by atoms with Crippen LogP contribution in [0.4, 0.5) is 23.2 Å². The lowest BCUT2D eigenvalue weighted by molar-refractivity contribution is 0.411. The summed E-state index contributed by atoms with van der Waals surface area (Å²) in [6.07, 6.45) is 3.32. The molecule has 0 atom stereocenters. The maximum Gasteiger partial charge on any atom is 0.254 e. The standard InChI is InChI=1S/C16H13F4N3/c17-12-14(13(18)16(20)21-15(12)19)23-22-11-8-4-2-6-9-5-1-3-7-10(9)11/h1,3,5,7H,2,4,6,8H2,(H,21,23)/b22-11+. The van der Waals surface area contributed by atoms with Crippen molar-refractivity contribution in [1.82, 2.24) is 4.98 Å². The number of rotatable bonds is 2. The van der Waals surface area contributed by atoms with Crippen molar-refractivity contribution >= 4 is 11.4 Å². The Balaban J connectivity index is 1.98. The number of halogens is 4. The van der Waals surface area contributed by atoms with Gasteiger partial charge in [-0.25, -0.2) is 0 Å². The molecule has 0 spiro atoms. The second-order valence-electron chi connectivity index (χ2n) is 5.23. The summed E-state index contributed by atoms with van der Waals surface area (Å²) in [6.45, 7) is 0. The van der Waals surface area contributed by atoms with E-state index in [9.17, 15) is 17.6 Å². The molecule has 0 fully saturated rings. The van der Waals surface area contributed by atoms with E-state index in [-0.39, 0.29) is 0 Å². The predicted molar refractivity (Wildman–Crippen MR) is 78.2 cm³/mol. The number of hydrazone groups is 1. The Morgan fingerprint density at radius 3 is 2.30 bits per heavy atom. The zero-order chi connectivity index (χ0) is 16.4. The second-order valence-corrected chi connectivity index (χ2v) is 5.23. The average molecular weight is 323 g/mol. The maximum absolute atomic E-state index is 13.6. The molecule has 3 nitrogen and oxygen atoms in total. The van der Waals surface area contributed by atoms with Crippen molar-refractivity contribution < 1.29 is 17.6 Å². The lowest BCUT2D eigenvalue weighted by Crippen LogP contribution is -2.09. The number of aromatic nitrogens is 1. The van der Waals surface area contributed by atoms with Crippen LogP contribution in [0.3, 0.4) is 0 Å². The van der Waals surface area contributed by atoms with Crippen molar-refractivity contribution in [1.29, 1.82) is 0 Å². The van der Waals surface area contributed by atoms with E-state index in [1.54, 1.807) is 0 Å². The Bertz CT molecular complexity index is 748. The van der Waals surface area contributed by atoms with E-state index in [0.29, 0.717) is 12.1 Å². The molecule has 3 rings (SSSR count). The third-order valence-electron chi connectivity index (χ3n) is 3.74. The minimum absolute atomic E-state index is 0.592. The van der Waals surface area contributed by atoms with Crippen LogP contribution >= 0.6 is 0 Å². The molecule has 1 aliphatic rings.